The van der Waals surface area contributed by atoms with Crippen LogP contribution in [0.1, 0.15) is 11.7 Å². The first-order valence-electron chi connectivity index (χ1n) is 5.08. The molecule has 0 saturated carbocycles. The van der Waals surface area contributed by atoms with Crippen LogP contribution in [0.25, 0.3) is 0 Å². The van der Waals surface area contributed by atoms with Gasteiger partial charge in [-0.05, 0) is 30.5 Å². The van der Waals surface area contributed by atoms with Crippen LogP contribution in [0.15, 0.2) is 28.8 Å². The van der Waals surface area contributed by atoms with Crippen LogP contribution in [0.4, 0.5) is 5.69 Å². The maximum absolute atomic E-state index is 5.80. The third-order valence-electron chi connectivity index (χ3n) is 2.07. The number of anilines is 1. The third kappa shape index (κ3) is 3.64. The molecule has 0 amide bonds. The van der Waals surface area contributed by atoms with Crippen molar-refractivity contribution in [1.29, 1.82) is 0 Å². The first-order chi connectivity index (χ1) is 8.28. The van der Waals surface area contributed by atoms with E-state index in [1.807, 2.05) is 30.5 Å². The van der Waals surface area contributed by atoms with E-state index < -0.39 is 0 Å². The Labute approximate surface area is 109 Å². The van der Waals surface area contributed by atoms with Gasteiger partial charge >= 0.3 is 0 Å². The average Bonchev–Trinajstić information content (AvgIpc) is 2.77. The first-order valence-corrected chi connectivity index (χ1v) is 6.85. The lowest BCUT2D eigenvalue weighted by Gasteiger charge is -2.02. The molecule has 0 spiro atoms. The third-order valence-corrected chi connectivity index (χ3v) is 2.87. The molecule has 0 aliphatic heterocycles. The Balaban J connectivity index is 1.90. The quantitative estimate of drug-likeness (QED) is 0.903. The lowest BCUT2D eigenvalue weighted by Crippen LogP contribution is -1.99. The summed E-state index contributed by atoms with van der Waals surface area (Å²) in [6.45, 7) is 0.517. The Morgan fingerprint density at radius 1 is 1.35 bits per heavy atom. The highest BCUT2D eigenvalue weighted by Gasteiger charge is 2.04. The van der Waals surface area contributed by atoms with E-state index in [1.54, 1.807) is 11.8 Å². The van der Waals surface area contributed by atoms with E-state index in [1.165, 1.54) is 0 Å². The number of benzene rings is 1. The number of rotatable bonds is 5. The van der Waals surface area contributed by atoms with E-state index in [9.17, 15) is 0 Å². The summed E-state index contributed by atoms with van der Waals surface area (Å²) in [6, 6.07) is 7.47. The van der Waals surface area contributed by atoms with Gasteiger partial charge in [0.25, 0.3) is 0 Å². The monoisotopic (exact) mass is 269 g/mol. The van der Waals surface area contributed by atoms with Gasteiger partial charge in [0, 0.05) is 10.7 Å². The van der Waals surface area contributed by atoms with Crippen LogP contribution < -0.4 is 5.32 Å². The van der Waals surface area contributed by atoms with Gasteiger partial charge < -0.3 is 9.84 Å². The van der Waals surface area contributed by atoms with Crippen LogP contribution in [-0.2, 0) is 12.3 Å². The first kappa shape index (κ1) is 12.3. The number of nitrogens with one attached hydrogen (secondary N) is 1. The molecule has 0 aliphatic carbocycles. The second-order valence-electron chi connectivity index (χ2n) is 3.40. The molecule has 1 aromatic heterocycles. The summed E-state index contributed by atoms with van der Waals surface area (Å²) in [5, 5.41) is 7.76. The van der Waals surface area contributed by atoms with Crippen molar-refractivity contribution in [2.45, 2.75) is 12.3 Å². The summed E-state index contributed by atoms with van der Waals surface area (Å²) in [4.78, 5) is 4.25. The Morgan fingerprint density at radius 3 is 2.82 bits per heavy atom. The van der Waals surface area contributed by atoms with E-state index in [-0.39, 0.29) is 0 Å². The van der Waals surface area contributed by atoms with Gasteiger partial charge in [-0.3, -0.25) is 0 Å². The molecule has 6 heteroatoms. The second-order valence-corrected chi connectivity index (χ2v) is 4.70. The summed E-state index contributed by atoms with van der Waals surface area (Å²) in [5.74, 6) is 2.08. The molecule has 2 aromatic rings. The van der Waals surface area contributed by atoms with Crippen molar-refractivity contribution in [1.82, 2.24) is 10.1 Å². The molecule has 0 saturated heterocycles. The molecule has 2 rings (SSSR count). The van der Waals surface area contributed by atoms with Crippen LogP contribution in [0, 0.1) is 0 Å². The van der Waals surface area contributed by atoms with E-state index in [2.05, 4.69) is 15.5 Å². The van der Waals surface area contributed by atoms with Gasteiger partial charge in [-0.25, -0.2) is 0 Å². The minimum absolute atomic E-state index is 0.517. The molecule has 0 radical (unpaired) electrons. The Hall–Kier alpha value is -1.20. The lowest BCUT2D eigenvalue weighted by atomic mass is 10.3. The molecule has 1 N–H and O–H groups in total. The Bertz CT molecular complexity index is 472. The van der Waals surface area contributed by atoms with Gasteiger partial charge in [0.05, 0.1) is 12.3 Å². The smallest absolute Gasteiger partial charge is 0.245 e. The molecule has 1 aromatic carbocycles. The number of hydrogen-bond donors (Lipinski definition) is 1. The van der Waals surface area contributed by atoms with Crippen LogP contribution >= 0.6 is 23.4 Å². The van der Waals surface area contributed by atoms with Crippen molar-refractivity contribution in [3.8, 4) is 0 Å². The number of hydrogen-bond acceptors (Lipinski definition) is 5. The molecule has 90 valence electrons. The topological polar surface area (TPSA) is 51.0 Å². The second kappa shape index (κ2) is 5.93. The zero-order valence-corrected chi connectivity index (χ0v) is 10.9. The molecular formula is C11H12ClN3OS. The standard InChI is InChI=1S/C11H12ClN3OS/c1-17-7-10-14-11(16-15-10)6-13-9-4-2-8(12)3-5-9/h2-5,13H,6-7H2,1H3. The highest BCUT2D eigenvalue weighted by atomic mass is 35.5. The van der Waals surface area contributed by atoms with Crippen molar-refractivity contribution < 1.29 is 4.52 Å². The van der Waals surface area contributed by atoms with Gasteiger partial charge in [-0.15, -0.1) is 0 Å². The summed E-state index contributed by atoms with van der Waals surface area (Å²) < 4.78 is 5.10. The average molecular weight is 270 g/mol. The van der Waals surface area contributed by atoms with Gasteiger partial charge in [-0.2, -0.15) is 16.7 Å². The molecule has 0 bridgehead atoms. The summed E-state index contributed by atoms with van der Waals surface area (Å²) >= 11 is 7.46. The van der Waals surface area contributed by atoms with Crippen molar-refractivity contribution in [2.24, 2.45) is 0 Å². The van der Waals surface area contributed by atoms with Gasteiger partial charge in [0.1, 0.15) is 0 Å². The van der Waals surface area contributed by atoms with E-state index in [0.717, 1.165) is 22.3 Å². The molecule has 0 atom stereocenters. The van der Waals surface area contributed by atoms with Crippen LogP contribution in [0.3, 0.4) is 0 Å². The number of thioether (sulfide) groups is 1. The summed E-state index contributed by atoms with van der Waals surface area (Å²) in [5.41, 5.74) is 0.971. The number of halogens is 1. The Kier molecular flexibility index (Phi) is 4.28. The molecule has 0 aliphatic rings. The number of aromatic nitrogens is 2. The van der Waals surface area contributed by atoms with Gasteiger partial charge in [0.2, 0.25) is 5.89 Å². The van der Waals surface area contributed by atoms with Crippen LogP contribution in [0.5, 0.6) is 0 Å². The zero-order chi connectivity index (χ0) is 12.1. The van der Waals surface area contributed by atoms with Crippen molar-refractivity contribution in [3.05, 3.63) is 41.0 Å². The Morgan fingerprint density at radius 2 is 2.12 bits per heavy atom. The number of nitrogens with zero attached hydrogens (tertiary/aromatic N) is 2. The van der Waals surface area contributed by atoms with Gasteiger partial charge in [-0.1, -0.05) is 16.8 Å². The fourth-order valence-corrected chi connectivity index (χ4v) is 1.80. The predicted octanol–water partition coefficient (Wildman–Crippen LogP) is 3.20. The van der Waals surface area contributed by atoms with Crippen molar-refractivity contribution in [2.75, 3.05) is 11.6 Å². The molecule has 1 heterocycles. The summed E-state index contributed by atoms with van der Waals surface area (Å²) in [7, 11) is 0. The molecule has 0 fully saturated rings. The van der Waals surface area contributed by atoms with E-state index in [4.69, 9.17) is 16.1 Å². The fraction of sp³-hybridized carbons (Fsp3) is 0.273. The largest absolute Gasteiger partial charge is 0.376 e. The minimum Gasteiger partial charge on any atom is -0.376 e. The maximum atomic E-state index is 5.80. The zero-order valence-electron chi connectivity index (χ0n) is 9.31. The SMILES string of the molecule is CSCc1noc(CNc2ccc(Cl)cc2)n1. The highest BCUT2D eigenvalue weighted by Crippen LogP contribution is 2.14. The fourth-order valence-electron chi connectivity index (χ4n) is 1.30. The lowest BCUT2D eigenvalue weighted by molar-refractivity contribution is 0.379. The van der Waals surface area contributed by atoms with E-state index >= 15 is 0 Å². The molecule has 0 unspecified atom stereocenters. The van der Waals surface area contributed by atoms with Crippen molar-refractivity contribution in [3.63, 3.8) is 0 Å². The molecular weight excluding hydrogens is 258 g/mol. The van der Waals surface area contributed by atoms with Crippen LogP contribution in [-0.4, -0.2) is 16.4 Å². The molecule has 17 heavy (non-hydrogen) atoms. The maximum Gasteiger partial charge on any atom is 0.245 e. The normalized spacial score (nSPS) is 10.5. The predicted molar refractivity (Wildman–Crippen MR) is 70.3 cm³/mol. The summed E-state index contributed by atoms with van der Waals surface area (Å²) in [6.07, 6.45) is 2.00. The highest BCUT2D eigenvalue weighted by molar-refractivity contribution is 7.97. The minimum atomic E-state index is 0.517. The van der Waals surface area contributed by atoms with Gasteiger partial charge in [0.15, 0.2) is 5.82 Å². The van der Waals surface area contributed by atoms with E-state index in [0.29, 0.717) is 12.4 Å². The molecule has 4 nitrogen and oxygen atoms in total. The van der Waals surface area contributed by atoms with Crippen molar-refractivity contribution >= 4 is 29.1 Å². The van der Waals surface area contributed by atoms with Crippen LogP contribution in [0.2, 0.25) is 5.02 Å².